The first-order valence-electron chi connectivity index (χ1n) is 8.61. The number of hydrogen-bond acceptors (Lipinski definition) is 8. The van der Waals surface area contributed by atoms with Crippen molar-refractivity contribution in [2.24, 2.45) is 0 Å². The molecule has 0 fully saturated rings. The molecule has 28 heavy (non-hydrogen) atoms. The number of methoxy groups -OCH3 is 1. The molecule has 1 N–H and O–H groups in total. The minimum absolute atomic E-state index is 0.255. The van der Waals surface area contributed by atoms with Crippen molar-refractivity contribution >= 4 is 23.5 Å². The third kappa shape index (κ3) is 5.37. The first kappa shape index (κ1) is 20.0. The number of furan rings is 2. The fourth-order valence-electron chi connectivity index (χ4n) is 2.36. The predicted octanol–water partition coefficient (Wildman–Crippen LogP) is 3.10. The number of nitrogens with one attached hydrogen (secondary N) is 1. The van der Waals surface area contributed by atoms with Gasteiger partial charge in [0, 0.05) is 27.3 Å². The Morgan fingerprint density at radius 2 is 2.11 bits per heavy atom. The number of carbonyl (C=O) groups is 1. The molecule has 0 aliphatic carbocycles. The van der Waals surface area contributed by atoms with Gasteiger partial charge in [0.1, 0.15) is 17.3 Å². The number of hydrogen-bond donors (Lipinski definition) is 1. The molecule has 8 nitrogen and oxygen atoms in total. The average molecular weight is 402 g/mol. The predicted molar refractivity (Wildman–Crippen MR) is 105 cm³/mol. The molecule has 0 radical (unpaired) electrons. The van der Waals surface area contributed by atoms with Crippen molar-refractivity contribution in [1.29, 1.82) is 0 Å². The summed E-state index contributed by atoms with van der Waals surface area (Å²) in [6, 6.07) is 8.89. The van der Waals surface area contributed by atoms with Crippen molar-refractivity contribution in [3.05, 3.63) is 59.6 Å². The van der Waals surface area contributed by atoms with Gasteiger partial charge in [-0.05, 0) is 24.3 Å². The summed E-state index contributed by atoms with van der Waals surface area (Å²) in [5.41, 5.74) is 0.807. The van der Waals surface area contributed by atoms with Crippen LogP contribution in [0.2, 0.25) is 0 Å². The Hall–Kier alpha value is -2.78. The van der Waals surface area contributed by atoms with Crippen LogP contribution in [-0.4, -0.2) is 37.1 Å². The molecule has 3 rings (SSSR count). The zero-order valence-corrected chi connectivity index (χ0v) is 16.8. The summed E-state index contributed by atoms with van der Waals surface area (Å²) < 4.78 is 16.0. The van der Waals surface area contributed by atoms with Gasteiger partial charge in [-0.3, -0.25) is 4.79 Å². The zero-order valence-electron chi connectivity index (χ0n) is 16.0. The van der Waals surface area contributed by atoms with Gasteiger partial charge in [0.15, 0.2) is 10.9 Å². The van der Waals surface area contributed by atoms with Crippen LogP contribution in [0.5, 0.6) is 0 Å². The highest BCUT2D eigenvalue weighted by atomic mass is 32.2. The summed E-state index contributed by atoms with van der Waals surface area (Å²) in [6.45, 7) is 0.724. The third-order valence-corrected chi connectivity index (χ3v) is 4.60. The number of rotatable bonds is 9. The first-order valence-corrected chi connectivity index (χ1v) is 9.60. The quantitative estimate of drug-likeness (QED) is 0.431. The molecule has 0 saturated heterocycles. The van der Waals surface area contributed by atoms with Gasteiger partial charge in [-0.2, -0.15) is 0 Å². The minimum Gasteiger partial charge on any atom is -0.467 e. The van der Waals surface area contributed by atoms with E-state index >= 15 is 0 Å². The van der Waals surface area contributed by atoms with Gasteiger partial charge in [-0.25, -0.2) is 9.97 Å². The van der Waals surface area contributed by atoms with Crippen molar-refractivity contribution in [2.75, 3.05) is 26.1 Å². The number of carbonyl (C=O) groups excluding carboxylic acids is 1. The lowest BCUT2D eigenvalue weighted by atomic mass is 10.4. The molecule has 9 heteroatoms. The van der Waals surface area contributed by atoms with E-state index in [0.29, 0.717) is 35.6 Å². The highest BCUT2D eigenvalue weighted by Crippen LogP contribution is 2.23. The van der Waals surface area contributed by atoms with Crippen LogP contribution >= 0.6 is 11.8 Å². The second-order valence-corrected chi connectivity index (χ2v) is 7.09. The summed E-state index contributed by atoms with van der Waals surface area (Å²) in [6.07, 6.45) is 1.56. The fourth-order valence-corrected chi connectivity index (χ4v) is 3.12. The molecule has 0 bridgehead atoms. The van der Waals surface area contributed by atoms with Crippen LogP contribution < -0.4 is 10.2 Å². The second kappa shape index (κ2) is 9.43. The van der Waals surface area contributed by atoms with Crippen molar-refractivity contribution in [2.45, 2.75) is 24.1 Å². The van der Waals surface area contributed by atoms with Gasteiger partial charge in [-0.1, -0.05) is 11.8 Å². The molecular weight excluding hydrogens is 380 g/mol. The van der Waals surface area contributed by atoms with Crippen LogP contribution in [0.25, 0.3) is 0 Å². The van der Waals surface area contributed by atoms with Crippen molar-refractivity contribution in [3.63, 3.8) is 0 Å². The summed E-state index contributed by atoms with van der Waals surface area (Å²) in [5.74, 6) is 2.63. The molecule has 0 unspecified atom stereocenters. The largest absolute Gasteiger partial charge is 0.467 e. The smallest absolute Gasteiger partial charge is 0.287 e. The lowest BCUT2D eigenvalue weighted by Crippen LogP contribution is -2.21. The Morgan fingerprint density at radius 1 is 1.25 bits per heavy atom. The number of aromatic nitrogens is 2. The zero-order chi connectivity index (χ0) is 19.9. The maximum absolute atomic E-state index is 12.2. The van der Waals surface area contributed by atoms with Gasteiger partial charge in [0.05, 0.1) is 30.9 Å². The van der Waals surface area contributed by atoms with Crippen LogP contribution in [0.4, 0.5) is 5.82 Å². The lowest BCUT2D eigenvalue weighted by Gasteiger charge is -2.13. The van der Waals surface area contributed by atoms with Crippen molar-refractivity contribution in [1.82, 2.24) is 15.3 Å². The molecule has 1 amide bonds. The molecule has 0 aliphatic rings. The molecule has 0 saturated carbocycles. The molecule has 3 aromatic rings. The van der Waals surface area contributed by atoms with Crippen molar-refractivity contribution in [3.8, 4) is 0 Å². The molecule has 3 aromatic heterocycles. The summed E-state index contributed by atoms with van der Waals surface area (Å²) in [7, 11) is 5.48. The van der Waals surface area contributed by atoms with E-state index in [1.807, 2.05) is 25.1 Å². The van der Waals surface area contributed by atoms with Gasteiger partial charge < -0.3 is 23.8 Å². The fraction of sp³-hybridized carbons (Fsp3) is 0.316. The Morgan fingerprint density at radius 3 is 2.82 bits per heavy atom. The van der Waals surface area contributed by atoms with Crippen molar-refractivity contribution < 1.29 is 18.4 Å². The van der Waals surface area contributed by atoms with E-state index in [2.05, 4.69) is 15.3 Å². The number of amides is 1. The molecule has 3 heterocycles. The van der Waals surface area contributed by atoms with E-state index < -0.39 is 0 Å². The van der Waals surface area contributed by atoms with E-state index in [1.54, 1.807) is 37.6 Å². The van der Waals surface area contributed by atoms with E-state index in [-0.39, 0.29) is 11.7 Å². The van der Waals surface area contributed by atoms with Gasteiger partial charge in [0.25, 0.3) is 5.91 Å². The van der Waals surface area contributed by atoms with E-state index in [1.165, 1.54) is 11.8 Å². The SMILES string of the molecule is COCc1cc(N(C)C)nc(SCc2ccc(C(=O)NCc3ccco3)o2)n1. The Kier molecular flexibility index (Phi) is 6.72. The maximum atomic E-state index is 12.2. The molecule has 0 atom stereocenters. The Labute approximate surface area is 167 Å². The molecule has 0 spiro atoms. The van der Waals surface area contributed by atoms with Crippen LogP contribution in [0.3, 0.4) is 0 Å². The number of thioether (sulfide) groups is 1. The summed E-state index contributed by atoms with van der Waals surface area (Å²) in [4.78, 5) is 23.1. The van der Waals surface area contributed by atoms with E-state index in [4.69, 9.17) is 13.6 Å². The standard InChI is InChI=1S/C19H22N4O4S/c1-23(2)17-9-13(11-25-3)21-19(22-17)28-12-15-6-7-16(27-15)18(24)20-10-14-5-4-8-26-14/h4-9H,10-12H2,1-3H3,(H,20,24). The van der Waals surface area contributed by atoms with Crippen LogP contribution in [-0.2, 0) is 23.6 Å². The Balaban J connectivity index is 1.60. The van der Waals surface area contributed by atoms with Gasteiger partial charge in [-0.15, -0.1) is 0 Å². The Bertz CT molecular complexity index is 909. The van der Waals surface area contributed by atoms with Crippen LogP contribution in [0.1, 0.15) is 27.8 Å². The van der Waals surface area contributed by atoms with Gasteiger partial charge in [0.2, 0.25) is 0 Å². The highest BCUT2D eigenvalue weighted by Gasteiger charge is 2.13. The average Bonchev–Trinajstić information content (AvgIpc) is 3.36. The number of ether oxygens (including phenoxy) is 1. The summed E-state index contributed by atoms with van der Waals surface area (Å²) >= 11 is 1.44. The second-order valence-electron chi connectivity index (χ2n) is 6.14. The first-order chi connectivity index (χ1) is 13.5. The van der Waals surface area contributed by atoms with Crippen LogP contribution in [0, 0.1) is 0 Å². The third-order valence-electron chi connectivity index (χ3n) is 3.73. The monoisotopic (exact) mass is 402 g/mol. The van der Waals surface area contributed by atoms with Gasteiger partial charge >= 0.3 is 0 Å². The molecule has 0 aromatic carbocycles. The molecular formula is C19H22N4O4S. The number of anilines is 1. The van der Waals surface area contributed by atoms with Crippen LogP contribution in [0.15, 0.2) is 50.6 Å². The molecule has 0 aliphatic heterocycles. The minimum atomic E-state index is -0.291. The normalized spacial score (nSPS) is 10.8. The summed E-state index contributed by atoms with van der Waals surface area (Å²) in [5, 5.41) is 3.38. The van der Waals surface area contributed by atoms with E-state index in [0.717, 1.165) is 11.5 Å². The molecule has 148 valence electrons. The maximum Gasteiger partial charge on any atom is 0.287 e. The number of nitrogens with zero attached hydrogens (tertiary/aromatic N) is 3. The lowest BCUT2D eigenvalue weighted by molar-refractivity contribution is 0.0919. The topological polar surface area (TPSA) is 93.6 Å². The highest BCUT2D eigenvalue weighted by molar-refractivity contribution is 7.98. The van der Waals surface area contributed by atoms with E-state index in [9.17, 15) is 4.79 Å².